The molecule has 4 heteroatoms. The normalized spacial score (nSPS) is 17.3. The summed E-state index contributed by atoms with van der Waals surface area (Å²) >= 11 is 7.79. The Hall–Kier alpha value is -1.19. The molecule has 1 aliphatic rings. The standard InChI is InChI=1S/C15H16ClNOS/c1-2-18-13-6-4-3-5-12(13)17-11-7-8-14-10(11)9-15(16)19-14/h3-6,9,11,17H,2,7-8H2,1H3. The number of hydrogen-bond acceptors (Lipinski definition) is 3. The van der Waals surface area contributed by atoms with Crippen LogP contribution in [0, 0.1) is 0 Å². The highest BCUT2D eigenvalue weighted by molar-refractivity contribution is 7.16. The van der Waals surface area contributed by atoms with E-state index in [0.29, 0.717) is 12.6 Å². The van der Waals surface area contributed by atoms with Crippen molar-refractivity contribution in [3.05, 3.63) is 45.1 Å². The van der Waals surface area contributed by atoms with Crippen LogP contribution in [-0.4, -0.2) is 6.61 Å². The summed E-state index contributed by atoms with van der Waals surface area (Å²) in [6, 6.07) is 10.5. The van der Waals surface area contributed by atoms with Gasteiger partial charge in [-0.3, -0.25) is 0 Å². The summed E-state index contributed by atoms with van der Waals surface area (Å²) in [4.78, 5) is 1.41. The maximum absolute atomic E-state index is 6.09. The monoisotopic (exact) mass is 293 g/mol. The molecule has 2 aromatic rings. The summed E-state index contributed by atoms with van der Waals surface area (Å²) in [6.07, 6.45) is 2.24. The highest BCUT2D eigenvalue weighted by Crippen LogP contribution is 2.41. The summed E-state index contributed by atoms with van der Waals surface area (Å²) in [7, 11) is 0. The van der Waals surface area contributed by atoms with E-state index in [4.69, 9.17) is 16.3 Å². The van der Waals surface area contributed by atoms with Crippen LogP contribution in [-0.2, 0) is 6.42 Å². The number of benzene rings is 1. The molecule has 1 aromatic carbocycles. The van der Waals surface area contributed by atoms with Crippen LogP contribution in [0.3, 0.4) is 0 Å². The van der Waals surface area contributed by atoms with Crippen molar-refractivity contribution in [1.29, 1.82) is 0 Å². The number of anilines is 1. The van der Waals surface area contributed by atoms with Gasteiger partial charge in [0.05, 0.1) is 22.7 Å². The number of hydrogen-bond donors (Lipinski definition) is 1. The molecule has 3 rings (SSSR count). The zero-order valence-corrected chi connectivity index (χ0v) is 12.4. The Morgan fingerprint density at radius 1 is 1.42 bits per heavy atom. The molecule has 0 aliphatic heterocycles. The van der Waals surface area contributed by atoms with Gasteiger partial charge in [0.2, 0.25) is 0 Å². The van der Waals surface area contributed by atoms with Gasteiger partial charge in [0.1, 0.15) is 5.75 Å². The van der Waals surface area contributed by atoms with Crippen LogP contribution in [0.1, 0.15) is 29.8 Å². The Morgan fingerprint density at radius 2 is 2.26 bits per heavy atom. The van der Waals surface area contributed by atoms with E-state index >= 15 is 0 Å². The molecule has 0 radical (unpaired) electrons. The quantitative estimate of drug-likeness (QED) is 0.866. The third-order valence-electron chi connectivity index (χ3n) is 3.36. The average Bonchev–Trinajstić information content (AvgIpc) is 2.93. The van der Waals surface area contributed by atoms with Crippen molar-refractivity contribution >= 4 is 28.6 Å². The van der Waals surface area contributed by atoms with Crippen LogP contribution in [0.5, 0.6) is 5.75 Å². The van der Waals surface area contributed by atoms with E-state index in [1.165, 1.54) is 10.4 Å². The summed E-state index contributed by atoms with van der Waals surface area (Å²) < 4.78 is 6.54. The number of thiophene rings is 1. The smallest absolute Gasteiger partial charge is 0.142 e. The minimum Gasteiger partial charge on any atom is -0.492 e. The van der Waals surface area contributed by atoms with Gasteiger partial charge < -0.3 is 10.1 Å². The number of fused-ring (bicyclic) bond motifs is 1. The second-order valence-electron chi connectivity index (χ2n) is 4.59. The lowest BCUT2D eigenvalue weighted by Gasteiger charge is -2.17. The fourth-order valence-corrected chi connectivity index (χ4v) is 3.89. The van der Waals surface area contributed by atoms with Gasteiger partial charge in [-0.2, -0.15) is 0 Å². The van der Waals surface area contributed by atoms with E-state index in [1.807, 2.05) is 25.1 Å². The molecule has 1 aliphatic carbocycles. The number of para-hydroxylation sites is 2. The first-order valence-electron chi connectivity index (χ1n) is 6.54. The summed E-state index contributed by atoms with van der Waals surface area (Å²) in [5, 5.41) is 3.59. The summed E-state index contributed by atoms with van der Waals surface area (Å²) in [6.45, 7) is 2.68. The number of ether oxygens (including phenoxy) is 1. The minimum absolute atomic E-state index is 0.348. The molecule has 1 atom stereocenters. The zero-order valence-electron chi connectivity index (χ0n) is 10.8. The lowest BCUT2D eigenvalue weighted by Crippen LogP contribution is -2.08. The molecule has 2 nitrogen and oxygen atoms in total. The number of nitrogens with one attached hydrogen (secondary N) is 1. The summed E-state index contributed by atoms with van der Waals surface area (Å²) in [5.74, 6) is 0.916. The first kappa shape index (κ1) is 12.8. The van der Waals surface area contributed by atoms with Crippen molar-refractivity contribution in [2.75, 3.05) is 11.9 Å². The van der Waals surface area contributed by atoms with Crippen molar-refractivity contribution < 1.29 is 4.74 Å². The van der Waals surface area contributed by atoms with Crippen LogP contribution in [0.25, 0.3) is 0 Å². The molecular weight excluding hydrogens is 278 g/mol. The fourth-order valence-electron chi connectivity index (χ4n) is 2.53. The van der Waals surface area contributed by atoms with Crippen molar-refractivity contribution in [3.63, 3.8) is 0 Å². The second-order valence-corrected chi connectivity index (χ2v) is 6.36. The Labute approximate surface area is 122 Å². The molecule has 0 saturated heterocycles. The Balaban J connectivity index is 1.83. The SMILES string of the molecule is CCOc1ccccc1NC1CCc2sc(Cl)cc21. The van der Waals surface area contributed by atoms with E-state index in [-0.39, 0.29) is 0 Å². The van der Waals surface area contributed by atoms with Gasteiger partial charge in [-0.15, -0.1) is 11.3 Å². The van der Waals surface area contributed by atoms with Crippen LogP contribution in [0.4, 0.5) is 5.69 Å². The van der Waals surface area contributed by atoms with Gasteiger partial charge in [-0.05, 0) is 43.5 Å². The molecule has 0 amide bonds. The summed E-state index contributed by atoms with van der Waals surface area (Å²) in [5.41, 5.74) is 2.41. The molecule has 1 unspecified atom stereocenters. The molecule has 100 valence electrons. The molecule has 1 aromatic heterocycles. The van der Waals surface area contributed by atoms with Crippen molar-refractivity contribution in [2.24, 2.45) is 0 Å². The molecule has 1 heterocycles. The Kier molecular flexibility index (Phi) is 3.67. The van der Waals surface area contributed by atoms with Crippen LogP contribution in [0.2, 0.25) is 4.34 Å². The maximum atomic E-state index is 6.09. The van der Waals surface area contributed by atoms with Crippen molar-refractivity contribution in [1.82, 2.24) is 0 Å². The van der Waals surface area contributed by atoms with Crippen molar-refractivity contribution in [2.45, 2.75) is 25.8 Å². The Bertz CT molecular complexity index is 581. The third-order valence-corrected chi connectivity index (χ3v) is 4.70. The van der Waals surface area contributed by atoms with Crippen LogP contribution >= 0.6 is 22.9 Å². The predicted octanol–water partition coefficient (Wildman–Crippen LogP) is 4.90. The van der Waals surface area contributed by atoms with E-state index in [0.717, 1.165) is 28.6 Å². The van der Waals surface area contributed by atoms with E-state index in [2.05, 4.69) is 17.4 Å². The van der Waals surface area contributed by atoms with Crippen molar-refractivity contribution in [3.8, 4) is 5.75 Å². The van der Waals surface area contributed by atoms with Gasteiger partial charge >= 0.3 is 0 Å². The average molecular weight is 294 g/mol. The van der Waals surface area contributed by atoms with Gasteiger partial charge in [-0.1, -0.05) is 23.7 Å². The van der Waals surface area contributed by atoms with E-state index in [1.54, 1.807) is 11.3 Å². The highest BCUT2D eigenvalue weighted by Gasteiger charge is 2.25. The minimum atomic E-state index is 0.348. The first-order chi connectivity index (χ1) is 9.28. The third kappa shape index (κ3) is 2.58. The fraction of sp³-hybridized carbons (Fsp3) is 0.333. The topological polar surface area (TPSA) is 21.3 Å². The lowest BCUT2D eigenvalue weighted by atomic mass is 10.1. The Morgan fingerprint density at radius 3 is 3.11 bits per heavy atom. The molecule has 0 saturated carbocycles. The van der Waals surface area contributed by atoms with Crippen LogP contribution < -0.4 is 10.1 Å². The molecule has 19 heavy (non-hydrogen) atoms. The molecule has 1 N–H and O–H groups in total. The van der Waals surface area contributed by atoms with E-state index < -0.39 is 0 Å². The number of halogens is 1. The zero-order chi connectivity index (χ0) is 13.2. The number of aryl methyl sites for hydroxylation is 1. The van der Waals surface area contributed by atoms with E-state index in [9.17, 15) is 0 Å². The largest absolute Gasteiger partial charge is 0.492 e. The lowest BCUT2D eigenvalue weighted by molar-refractivity contribution is 0.341. The molecule has 0 spiro atoms. The van der Waals surface area contributed by atoms with Gasteiger partial charge in [0, 0.05) is 4.88 Å². The molecule has 0 bridgehead atoms. The van der Waals surface area contributed by atoms with Gasteiger partial charge in [-0.25, -0.2) is 0 Å². The predicted molar refractivity (Wildman–Crippen MR) is 81.6 cm³/mol. The first-order valence-corrected chi connectivity index (χ1v) is 7.74. The van der Waals surface area contributed by atoms with Gasteiger partial charge in [0.15, 0.2) is 0 Å². The molecular formula is C15H16ClNOS. The van der Waals surface area contributed by atoms with Gasteiger partial charge in [0.25, 0.3) is 0 Å². The maximum Gasteiger partial charge on any atom is 0.142 e. The van der Waals surface area contributed by atoms with Crippen LogP contribution in [0.15, 0.2) is 30.3 Å². The highest BCUT2D eigenvalue weighted by atomic mass is 35.5. The molecule has 0 fully saturated rings. The number of rotatable bonds is 4. The second kappa shape index (κ2) is 5.43.